The van der Waals surface area contributed by atoms with Crippen molar-refractivity contribution >= 4 is 76.4 Å². The van der Waals surface area contributed by atoms with Crippen molar-refractivity contribution in [3.05, 3.63) is 58.1 Å². The third-order valence-electron chi connectivity index (χ3n) is 21.2. The lowest BCUT2D eigenvalue weighted by Gasteiger charge is -2.44. The number of unbranched alkanes of at least 4 members (excludes halogenated alkanes) is 3. The molecular formula is C72H107N9O13S. The van der Waals surface area contributed by atoms with Gasteiger partial charge in [0.25, 0.3) is 17.7 Å². The number of hydrogen-bond acceptors (Lipinski definition) is 16. The van der Waals surface area contributed by atoms with Gasteiger partial charge in [0.15, 0.2) is 6.10 Å². The first kappa shape index (κ1) is 74.0. The second kappa shape index (κ2) is 31.6. The van der Waals surface area contributed by atoms with Crippen molar-refractivity contribution in [2.45, 2.75) is 252 Å². The van der Waals surface area contributed by atoms with Crippen LogP contribution in [0, 0.1) is 40.4 Å². The molecule has 22 nitrogen and oxygen atoms in total. The molecule has 5 fully saturated rings. The van der Waals surface area contributed by atoms with Crippen LogP contribution in [0.1, 0.15) is 232 Å². The fourth-order valence-electron chi connectivity index (χ4n) is 15.0. The van der Waals surface area contributed by atoms with Crippen molar-refractivity contribution < 1.29 is 62.2 Å². The molecule has 8 rings (SSSR count). The van der Waals surface area contributed by atoms with Gasteiger partial charge in [0.05, 0.1) is 12.0 Å². The first-order valence-corrected chi connectivity index (χ1v) is 35.9. The number of aromatic nitrogens is 1. The highest BCUT2D eigenvalue weighted by molar-refractivity contribution is 7.09. The molecule has 3 heterocycles. The summed E-state index contributed by atoms with van der Waals surface area (Å²) in [7, 11) is 1.95. The minimum absolute atomic E-state index is 0.0994. The molecule has 1 saturated heterocycles. The highest BCUT2D eigenvalue weighted by Crippen LogP contribution is 2.74. The molecule has 6 aliphatic rings. The number of nitrogens with one attached hydrogen (secondary N) is 5. The number of hydrogen-bond donors (Lipinski definition) is 5. The van der Waals surface area contributed by atoms with Gasteiger partial charge in [-0.05, 0) is 184 Å². The predicted molar refractivity (Wildman–Crippen MR) is 361 cm³/mol. The summed E-state index contributed by atoms with van der Waals surface area (Å²) in [6.07, 6.45) is 12.6. The molecule has 4 saturated carbocycles. The van der Waals surface area contributed by atoms with Gasteiger partial charge in [-0.25, -0.2) is 9.78 Å². The summed E-state index contributed by atoms with van der Waals surface area (Å²) < 4.78 is 17.7. The Kier molecular flexibility index (Phi) is 24.7. The summed E-state index contributed by atoms with van der Waals surface area (Å²) in [5.41, 5.74) is -0.421. The highest BCUT2D eigenvalue weighted by Gasteiger charge is 2.68. The Morgan fingerprint density at radius 2 is 1.59 bits per heavy atom. The molecule has 23 heteroatoms. The van der Waals surface area contributed by atoms with E-state index in [0.717, 1.165) is 48.6 Å². The summed E-state index contributed by atoms with van der Waals surface area (Å²) in [6.45, 7) is 24.2. The number of amides is 8. The van der Waals surface area contributed by atoms with Gasteiger partial charge < -0.3 is 45.7 Å². The Bertz CT molecular complexity index is 3120. The van der Waals surface area contributed by atoms with E-state index in [1.807, 2.05) is 67.6 Å². The van der Waals surface area contributed by atoms with Gasteiger partial charge in [-0.1, -0.05) is 67.0 Å². The third-order valence-corrected chi connectivity index (χ3v) is 22.2. The quantitative estimate of drug-likeness (QED) is 0.0192. The Morgan fingerprint density at radius 1 is 0.874 bits per heavy atom. The van der Waals surface area contributed by atoms with Gasteiger partial charge in [0.1, 0.15) is 34.5 Å². The van der Waals surface area contributed by atoms with E-state index >= 15 is 4.79 Å². The summed E-state index contributed by atoms with van der Waals surface area (Å²) >= 11 is 1.18. The minimum atomic E-state index is -0.933. The number of carbonyl (C=O) groups is 10. The molecule has 4 unspecified atom stereocenters. The summed E-state index contributed by atoms with van der Waals surface area (Å²) in [4.78, 5) is 145. The van der Waals surface area contributed by atoms with Gasteiger partial charge in [0.2, 0.25) is 23.6 Å². The van der Waals surface area contributed by atoms with E-state index in [-0.39, 0.29) is 97.4 Å². The van der Waals surface area contributed by atoms with Crippen molar-refractivity contribution in [1.82, 2.24) is 41.0 Å². The topological polar surface area (TPSA) is 281 Å². The average Bonchev–Trinajstić information content (AvgIpc) is 1.53. The monoisotopic (exact) mass is 1340 g/mol. The van der Waals surface area contributed by atoms with E-state index in [1.54, 1.807) is 43.2 Å². The number of ether oxygens (including phenoxy) is 3. The van der Waals surface area contributed by atoms with Gasteiger partial charge in [-0.15, -0.1) is 11.3 Å². The molecule has 2 aromatic rings. The normalized spacial score (nSPS) is 25.3. The van der Waals surface area contributed by atoms with Crippen LogP contribution < -0.4 is 26.6 Å². The van der Waals surface area contributed by atoms with E-state index < -0.39 is 70.6 Å². The number of esters is 2. The number of anilines is 1. The summed E-state index contributed by atoms with van der Waals surface area (Å²) in [5, 5.41) is 17.2. The Morgan fingerprint density at radius 3 is 2.23 bits per heavy atom. The van der Waals surface area contributed by atoms with Crippen molar-refractivity contribution in [1.29, 1.82) is 0 Å². The molecule has 0 bridgehead atoms. The zero-order valence-corrected chi connectivity index (χ0v) is 59.3. The zero-order chi connectivity index (χ0) is 69.3. The predicted octanol–water partition coefficient (Wildman–Crippen LogP) is 10.1. The smallest absolute Gasteiger partial charge is 0.407 e. The Hall–Kier alpha value is -6.75. The van der Waals surface area contributed by atoms with Crippen LogP contribution in [0.15, 0.2) is 41.8 Å². The zero-order valence-electron chi connectivity index (χ0n) is 58.5. The second-order valence-corrected chi connectivity index (χ2v) is 31.1. The van der Waals surface area contributed by atoms with Crippen LogP contribution in [-0.2, 0) is 52.6 Å². The fraction of sp³-hybridized carbons (Fsp3) is 0.708. The van der Waals surface area contributed by atoms with E-state index in [2.05, 4.69) is 38.4 Å². The van der Waals surface area contributed by atoms with Gasteiger partial charge in [-0.3, -0.25) is 53.0 Å². The van der Waals surface area contributed by atoms with Gasteiger partial charge >= 0.3 is 18.0 Å². The largest absolute Gasteiger partial charge is 0.462 e. The summed E-state index contributed by atoms with van der Waals surface area (Å²) in [6, 6.07) is 4.71. The number of imide groups is 1. The maximum atomic E-state index is 15.1. The van der Waals surface area contributed by atoms with Gasteiger partial charge in [0, 0.05) is 86.0 Å². The minimum Gasteiger partial charge on any atom is -0.462 e. The van der Waals surface area contributed by atoms with E-state index in [4.69, 9.17) is 19.2 Å². The number of rotatable bonds is 33. The lowest BCUT2D eigenvalue weighted by Crippen LogP contribution is -2.61. The number of benzene rings is 1. The average molecular weight is 1340 g/mol. The number of thiazole rings is 1. The molecule has 1 aromatic carbocycles. The second-order valence-electron chi connectivity index (χ2n) is 30.2. The molecule has 0 radical (unpaired) electrons. The number of nitrogens with zero attached hydrogens (tertiary/aromatic N) is 4. The van der Waals surface area contributed by atoms with Crippen LogP contribution in [0.25, 0.3) is 0 Å². The maximum absolute atomic E-state index is 15.1. The molecule has 524 valence electrons. The van der Waals surface area contributed by atoms with Crippen molar-refractivity contribution in [2.24, 2.45) is 40.4 Å². The first-order chi connectivity index (χ1) is 44.9. The number of likely N-dealkylation sites (tertiary alicyclic amines) is 1. The molecule has 2 aliphatic heterocycles. The standard InChI is InChI=1S/C72H107N9O13S/c1-14-70(11,12)61(77-64(88)55-37-44(5)32-36-79(55)13)66(89)80(15-2)54(43(3)4)38-57(92-46(7)82)65-76-53(42-95-65)63(87)78-72(39-45(6)67(90)93-56-28-25-48-31-33-71(48)40-51(56)71)41-50(72)47-23-26-49(27-24-47)74-62(86)52(21-18-19-34-73-68(91)94-69(8,9)10)75-58(83)22-17-16-20-35-81-59(84)29-30-60(81)85/h23-24,26-27,29-30,42-45,48,50-52,54-57,61H,14-22,25,28,31-41H2,1-13H3,(H,73,91)(H,74,86)(H,75,83)(H,77,88)(H,78,87)/t44-,45+,48?,50+,51?,52+,54-,55-,56+,57-,61-,71?,72?/m1/s1. The van der Waals surface area contributed by atoms with Crippen LogP contribution in [-0.4, -0.2) is 154 Å². The van der Waals surface area contributed by atoms with E-state index in [1.165, 1.54) is 43.3 Å². The number of piperidine rings is 1. The number of carbonyl (C=O) groups excluding carboxylic acids is 10. The molecule has 5 N–H and O–H groups in total. The maximum Gasteiger partial charge on any atom is 0.407 e. The molecule has 4 aliphatic carbocycles. The van der Waals surface area contributed by atoms with Crippen LogP contribution in [0.2, 0.25) is 0 Å². The van der Waals surface area contributed by atoms with Crippen LogP contribution in [0.4, 0.5) is 10.5 Å². The fourth-order valence-corrected chi connectivity index (χ4v) is 15.8. The highest BCUT2D eigenvalue weighted by atomic mass is 32.1. The van der Waals surface area contributed by atoms with Crippen LogP contribution >= 0.6 is 11.3 Å². The summed E-state index contributed by atoms with van der Waals surface area (Å²) in [5.74, 6) is -2.66. The molecule has 8 amide bonds. The van der Waals surface area contributed by atoms with Crippen molar-refractivity contribution in [3.8, 4) is 0 Å². The third kappa shape index (κ3) is 18.9. The molecule has 1 aromatic heterocycles. The van der Waals surface area contributed by atoms with Crippen LogP contribution in [0.3, 0.4) is 0 Å². The number of likely N-dealkylation sites (N-methyl/N-ethyl adjacent to an activating group) is 2. The molecule has 1 spiro atoms. The first-order valence-electron chi connectivity index (χ1n) is 35.0. The van der Waals surface area contributed by atoms with E-state index in [0.29, 0.717) is 92.4 Å². The Labute approximate surface area is 566 Å². The SMILES string of the molecule is CCN(C(=O)[C@@H](NC(=O)[C@H]1C[C@H](C)CCN1C)C(C)(C)CC)[C@H](C[C@@H](OC(C)=O)c1nc(C(=O)NC2(C[C@H](C)C(=O)O[C@H]3CCC4CCC45CC35)C[C@H]2c2ccc(NC(=O)[C@H](CCCCNC(=O)OC(C)(C)C)NC(=O)CCCCCN3C(=O)C=CC3=O)cc2)cs1)C(C)C. The molecule has 95 heavy (non-hydrogen) atoms. The number of alkyl carbamates (subject to hydrolysis) is 1. The Balaban J connectivity index is 0.964. The molecular weight excluding hydrogens is 1230 g/mol. The van der Waals surface area contributed by atoms with Crippen molar-refractivity contribution in [2.75, 3.05) is 38.5 Å². The molecule has 13 atom stereocenters. The van der Waals surface area contributed by atoms with Crippen LogP contribution in [0.5, 0.6) is 0 Å². The van der Waals surface area contributed by atoms with E-state index in [9.17, 15) is 43.2 Å². The van der Waals surface area contributed by atoms with Gasteiger partial charge in [-0.2, -0.15) is 0 Å². The lowest BCUT2D eigenvalue weighted by atomic mass is 9.63. The lowest BCUT2D eigenvalue weighted by molar-refractivity contribution is -0.159. The van der Waals surface area contributed by atoms with Crippen molar-refractivity contribution in [3.63, 3.8) is 0 Å².